The van der Waals surface area contributed by atoms with Crippen LogP contribution in [0.4, 0.5) is 0 Å². The third kappa shape index (κ3) is 6.82. The molecule has 100 valence electrons. The Morgan fingerprint density at radius 3 is 2.29 bits per heavy atom. The second kappa shape index (κ2) is 9.64. The molecular formula is C15H29NO. The minimum atomic E-state index is 0.194. The van der Waals surface area contributed by atoms with Gasteiger partial charge < -0.3 is 5.32 Å². The molecule has 17 heavy (non-hydrogen) atoms. The van der Waals surface area contributed by atoms with E-state index in [4.69, 9.17) is 0 Å². The number of Topliss-reactive ketones (excluding diaryl/α,β-unsaturated/α-hetero) is 1. The predicted octanol–water partition coefficient (Wildman–Crippen LogP) is 3.84. The van der Waals surface area contributed by atoms with Crippen molar-refractivity contribution in [2.75, 3.05) is 6.54 Å². The molecule has 0 aromatic rings. The predicted molar refractivity (Wildman–Crippen MR) is 73.3 cm³/mol. The van der Waals surface area contributed by atoms with Crippen LogP contribution >= 0.6 is 0 Å². The van der Waals surface area contributed by atoms with Gasteiger partial charge in [0, 0.05) is 6.42 Å². The van der Waals surface area contributed by atoms with Crippen molar-refractivity contribution < 1.29 is 4.79 Å². The Balaban J connectivity index is 1.85. The molecule has 1 aliphatic rings. The zero-order valence-electron chi connectivity index (χ0n) is 11.5. The van der Waals surface area contributed by atoms with Gasteiger partial charge in [0.15, 0.2) is 0 Å². The number of carbonyl (C=O) groups is 1. The highest BCUT2D eigenvalue weighted by Gasteiger charge is 2.20. The molecule has 1 aliphatic heterocycles. The van der Waals surface area contributed by atoms with E-state index in [9.17, 15) is 4.79 Å². The van der Waals surface area contributed by atoms with E-state index in [2.05, 4.69) is 12.2 Å². The quantitative estimate of drug-likeness (QED) is 0.587. The second-order valence-electron chi connectivity index (χ2n) is 5.34. The van der Waals surface area contributed by atoms with E-state index in [0.717, 1.165) is 25.8 Å². The Labute approximate surface area is 107 Å². The fourth-order valence-corrected chi connectivity index (χ4v) is 2.57. The molecule has 1 unspecified atom stereocenters. The van der Waals surface area contributed by atoms with Crippen LogP contribution in [0.1, 0.15) is 77.6 Å². The molecule has 1 atom stereocenters. The molecule has 0 aliphatic carbocycles. The zero-order chi connectivity index (χ0) is 12.3. The maximum absolute atomic E-state index is 11.8. The number of hydrogen-bond acceptors (Lipinski definition) is 2. The topological polar surface area (TPSA) is 29.1 Å². The lowest BCUT2D eigenvalue weighted by molar-refractivity contribution is -0.120. The summed E-state index contributed by atoms with van der Waals surface area (Å²) < 4.78 is 0. The lowest BCUT2D eigenvalue weighted by Gasteiger charge is -2.08. The van der Waals surface area contributed by atoms with Gasteiger partial charge in [0.05, 0.1) is 6.04 Å². The van der Waals surface area contributed by atoms with Crippen molar-refractivity contribution in [1.29, 1.82) is 0 Å². The number of carbonyl (C=O) groups excluding carboxylic acids is 1. The SMILES string of the molecule is CCCCCCCCCCC(=O)C1CCCN1. The van der Waals surface area contributed by atoms with Crippen LogP contribution in [-0.2, 0) is 4.79 Å². The molecule has 1 saturated heterocycles. The van der Waals surface area contributed by atoms with Gasteiger partial charge in [-0.3, -0.25) is 4.79 Å². The van der Waals surface area contributed by atoms with E-state index in [-0.39, 0.29) is 6.04 Å². The number of ketones is 1. The number of hydrogen-bond donors (Lipinski definition) is 1. The van der Waals surface area contributed by atoms with E-state index in [1.807, 2.05) is 0 Å². The van der Waals surface area contributed by atoms with Gasteiger partial charge in [-0.15, -0.1) is 0 Å². The number of unbranched alkanes of at least 4 members (excludes halogenated alkanes) is 7. The summed E-state index contributed by atoms with van der Waals surface area (Å²) in [5.74, 6) is 0.452. The molecular weight excluding hydrogens is 210 g/mol. The van der Waals surface area contributed by atoms with E-state index in [1.54, 1.807) is 0 Å². The van der Waals surface area contributed by atoms with Crippen molar-refractivity contribution in [3.8, 4) is 0 Å². The van der Waals surface area contributed by atoms with Crippen LogP contribution in [-0.4, -0.2) is 18.4 Å². The van der Waals surface area contributed by atoms with Gasteiger partial charge in [0.1, 0.15) is 5.78 Å². The summed E-state index contributed by atoms with van der Waals surface area (Å²) in [7, 11) is 0. The van der Waals surface area contributed by atoms with E-state index in [1.165, 1.54) is 51.4 Å². The molecule has 2 nitrogen and oxygen atoms in total. The summed E-state index contributed by atoms with van der Waals surface area (Å²) >= 11 is 0. The summed E-state index contributed by atoms with van der Waals surface area (Å²) in [6.07, 6.45) is 13.5. The van der Waals surface area contributed by atoms with Gasteiger partial charge in [-0.1, -0.05) is 51.9 Å². The average Bonchev–Trinajstić information content (AvgIpc) is 2.86. The Hall–Kier alpha value is -0.370. The van der Waals surface area contributed by atoms with Crippen LogP contribution in [0.5, 0.6) is 0 Å². The fourth-order valence-electron chi connectivity index (χ4n) is 2.57. The molecule has 0 aromatic heterocycles. The van der Waals surface area contributed by atoms with Crippen molar-refractivity contribution >= 4 is 5.78 Å². The van der Waals surface area contributed by atoms with E-state index >= 15 is 0 Å². The second-order valence-corrected chi connectivity index (χ2v) is 5.34. The minimum absolute atomic E-state index is 0.194. The lowest BCUT2D eigenvalue weighted by atomic mass is 10.0. The van der Waals surface area contributed by atoms with Crippen molar-refractivity contribution in [2.24, 2.45) is 0 Å². The Kier molecular flexibility index (Phi) is 8.33. The van der Waals surface area contributed by atoms with Gasteiger partial charge in [-0.25, -0.2) is 0 Å². The summed E-state index contributed by atoms with van der Waals surface area (Å²) in [6, 6.07) is 0.194. The highest BCUT2D eigenvalue weighted by molar-refractivity contribution is 5.84. The van der Waals surface area contributed by atoms with Crippen LogP contribution in [0.15, 0.2) is 0 Å². The summed E-state index contributed by atoms with van der Waals surface area (Å²) in [6.45, 7) is 3.29. The van der Waals surface area contributed by atoms with Gasteiger partial charge in [-0.05, 0) is 25.8 Å². The van der Waals surface area contributed by atoms with Gasteiger partial charge >= 0.3 is 0 Å². The Morgan fingerprint density at radius 2 is 1.71 bits per heavy atom. The molecule has 1 N–H and O–H groups in total. The highest BCUT2D eigenvalue weighted by Crippen LogP contribution is 2.13. The number of rotatable bonds is 10. The third-order valence-electron chi connectivity index (χ3n) is 3.73. The first-order valence-electron chi connectivity index (χ1n) is 7.60. The Bertz CT molecular complexity index is 197. The normalized spacial score (nSPS) is 19.7. The Morgan fingerprint density at radius 1 is 1.06 bits per heavy atom. The average molecular weight is 239 g/mol. The van der Waals surface area contributed by atoms with Crippen LogP contribution in [0, 0.1) is 0 Å². The summed E-state index contributed by atoms with van der Waals surface area (Å²) in [5.41, 5.74) is 0. The van der Waals surface area contributed by atoms with Gasteiger partial charge in [0.2, 0.25) is 0 Å². The van der Waals surface area contributed by atoms with Crippen LogP contribution in [0.3, 0.4) is 0 Å². The zero-order valence-corrected chi connectivity index (χ0v) is 11.5. The fraction of sp³-hybridized carbons (Fsp3) is 0.933. The van der Waals surface area contributed by atoms with E-state index < -0.39 is 0 Å². The third-order valence-corrected chi connectivity index (χ3v) is 3.73. The van der Waals surface area contributed by atoms with Gasteiger partial charge in [-0.2, -0.15) is 0 Å². The first-order chi connectivity index (χ1) is 8.34. The monoisotopic (exact) mass is 239 g/mol. The molecule has 0 amide bonds. The van der Waals surface area contributed by atoms with Crippen molar-refractivity contribution in [2.45, 2.75) is 83.6 Å². The first-order valence-corrected chi connectivity index (χ1v) is 7.60. The largest absolute Gasteiger partial charge is 0.307 e. The summed E-state index contributed by atoms with van der Waals surface area (Å²) in [5, 5.41) is 3.28. The maximum Gasteiger partial charge on any atom is 0.149 e. The molecule has 0 bridgehead atoms. The first kappa shape index (κ1) is 14.7. The molecule has 0 radical (unpaired) electrons. The molecule has 0 saturated carbocycles. The van der Waals surface area contributed by atoms with Crippen LogP contribution < -0.4 is 5.32 Å². The number of nitrogens with one attached hydrogen (secondary N) is 1. The molecule has 0 spiro atoms. The van der Waals surface area contributed by atoms with Crippen molar-refractivity contribution in [1.82, 2.24) is 5.32 Å². The van der Waals surface area contributed by atoms with Crippen LogP contribution in [0.2, 0.25) is 0 Å². The molecule has 1 fully saturated rings. The van der Waals surface area contributed by atoms with Gasteiger partial charge in [0.25, 0.3) is 0 Å². The molecule has 1 heterocycles. The van der Waals surface area contributed by atoms with Crippen molar-refractivity contribution in [3.05, 3.63) is 0 Å². The lowest BCUT2D eigenvalue weighted by Crippen LogP contribution is -2.30. The van der Waals surface area contributed by atoms with E-state index in [0.29, 0.717) is 5.78 Å². The van der Waals surface area contributed by atoms with Crippen LogP contribution in [0.25, 0.3) is 0 Å². The maximum atomic E-state index is 11.8. The van der Waals surface area contributed by atoms with Crippen molar-refractivity contribution in [3.63, 3.8) is 0 Å². The summed E-state index contributed by atoms with van der Waals surface area (Å²) in [4.78, 5) is 11.8. The molecule has 0 aromatic carbocycles. The molecule has 1 rings (SSSR count). The smallest absolute Gasteiger partial charge is 0.149 e. The standard InChI is InChI=1S/C15H29NO/c1-2-3-4-5-6-7-8-9-12-15(17)14-11-10-13-16-14/h14,16H,2-13H2,1H3. The molecule has 2 heteroatoms. The minimum Gasteiger partial charge on any atom is -0.307 e. The highest BCUT2D eigenvalue weighted by atomic mass is 16.1.